The quantitative estimate of drug-likeness (QED) is 0.463. The molecule has 0 heterocycles. The number of hydrogen-bond donors (Lipinski definition) is 0. The molecule has 0 radical (unpaired) electrons. The maximum atomic E-state index is 11.6. The molecule has 0 aliphatic heterocycles. The van der Waals surface area contributed by atoms with Gasteiger partial charge in [0.05, 0.1) is 27.4 Å². The minimum absolute atomic E-state index is 0.290. The van der Waals surface area contributed by atoms with Crippen molar-refractivity contribution in [2.24, 2.45) is 0 Å². The molecule has 0 spiro atoms. The van der Waals surface area contributed by atoms with E-state index in [4.69, 9.17) is 9.47 Å². The molecule has 0 saturated carbocycles. The van der Waals surface area contributed by atoms with E-state index in [-0.39, 0.29) is 5.76 Å². The first-order valence-corrected chi connectivity index (χ1v) is 5.72. The molecule has 0 fully saturated rings. The number of rotatable bonds is 5. The topological polar surface area (TPSA) is 71.1 Å². The van der Waals surface area contributed by atoms with Crippen molar-refractivity contribution in [1.29, 1.82) is 0 Å². The summed E-state index contributed by atoms with van der Waals surface area (Å²) in [6.45, 7) is 1.89. The number of ether oxygens (including phenoxy) is 4. The van der Waals surface area contributed by atoms with Gasteiger partial charge in [0, 0.05) is 0 Å². The lowest BCUT2D eigenvalue weighted by Gasteiger charge is -2.12. The van der Waals surface area contributed by atoms with Crippen molar-refractivity contribution in [2.45, 2.75) is 6.92 Å². The van der Waals surface area contributed by atoms with Crippen LogP contribution in [-0.2, 0) is 19.1 Å². The van der Waals surface area contributed by atoms with Crippen LogP contribution in [0.15, 0.2) is 30.0 Å². The molecular weight excluding hydrogens is 264 g/mol. The summed E-state index contributed by atoms with van der Waals surface area (Å²) < 4.78 is 19.5. The van der Waals surface area contributed by atoms with E-state index in [9.17, 15) is 9.59 Å². The van der Waals surface area contributed by atoms with Crippen LogP contribution in [0.1, 0.15) is 5.56 Å². The van der Waals surface area contributed by atoms with E-state index in [2.05, 4.69) is 9.47 Å². The van der Waals surface area contributed by atoms with Crippen molar-refractivity contribution >= 4 is 11.9 Å². The highest BCUT2D eigenvalue weighted by atomic mass is 16.6. The zero-order valence-electron chi connectivity index (χ0n) is 11.8. The molecule has 108 valence electrons. The Labute approximate surface area is 116 Å². The van der Waals surface area contributed by atoms with Gasteiger partial charge in [-0.1, -0.05) is 6.07 Å². The smallest absolute Gasteiger partial charge is 0.374 e. The molecule has 0 unspecified atom stereocenters. The third-order valence-corrected chi connectivity index (χ3v) is 2.38. The van der Waals surface area contributed by atoms with Crippen molar-refractivity contribution in [3.63, 3.8) is 0 Å². The molecule has 1 aromatic carbocycles. The van der Waals surface area contributed by atoms with E-state index >= 15 is 0 Å². The molecule has 0 bridgehead atoms. The minimum Gasteiger partial charge on any atom is -0.493 e. The molecule has 0 amide bonds. The lowest BCUT2D eigenvalue weighted by Crippen LogP contribution is -2.13. The number of methoxy groups -OCH3 is 3. The van der Waals surface area contributed by atoms with Crippen molar-refractivity contribution in [3.05, 3.63) is 35.6 Å². The molecule has 0 atom stereocenters. The maximum Gasteiger partial charge on any atom is 0.374 e. The van der Waals surface area contributed by atoms with Crippen LogP contribution in [0.4, 0.5) is 0 Å². The number of benzene rings is 1. The summed E-state index contributed by atoms with van der Waals surface area (Å²) in [5.74, 6) is -1.08. The Hall–Kier alpha value is -2.50. The molecular formula is C14H16O6. The number of carbonyl (C=O) groups is 2. The van der Waals surface area contributed by atoms with E-state index in [1.165, 1.54) is 21.3 Å². The summed E-state index contributed by atoms with van der Waals surface area (Å²) in [4.78, 5) is 22.8. The fourth-order valence-electron chi connectivity index (χ4n) is 1.37. The van der Waals surface area contributed by atoms with Gasteiger partial charge in [-0.05, 0) is 24.6 Å². The first-order valence-electron chi connectivity index (χ1n) is 5.72. The third-order valence-electron chi connectivity index (χ3n) is 2.38. The summed E-state index contributed by atoms with van der Waals surface area (Å²) in [6, 6.07) is 5.15. The maximum absolute atomic E-state index is 11.6. The minimum atomic E-state index is -0.793. The highest BCUT2D eigenvalue weighted by molar-refractivity contribution is 5.95. The SMILES string of the molecule is COC(=O)/C=C(\Oc1ccc(C)cc1OC)C(=O)OC. The van der Waals surface area contributed by atoms with Gasteiger partial charge in [0.15, 0.2) is 11.5 Å². The second-order valence-corrected chi connectivity index (χ2v) is 3.78. The molecule has 0 saturated heterocycles. The van der Waals surface area contributed by atoms with E-state index < -0.39 is 11.9 Å². The molecule has 6 heteroatoms. The van der Waals surface area contributed by atoms with E-state index in [1.807, 2.05) is 6.92 Å². The van der Waals surface area contributed by atoms with Gasteiger partial charge in [0.25, 0.3) is 0 Å². The van der Waals surface area contributed by atoms with Gasteiger partial charge in [-0.25, -0.2) is 9.59 Å². The average Bonchev–Trinajstić information content (AvgIpc) is 2.46. The summed E-state index contributed by atoms with van der Waals surface area (Å²) >= 11 is 0. The van der Waals surface area contributed by atoms with Gasteiger partial charge in [0.2, 0.25) is 5.76 Å². The van der Waals surface area contributed by atoms with Crippen LogP contribution in [0.5, 0.6) is 11.5 Å². The lowest BCUT2D eigenvalue weighted by atomic mass is 10.2. The van der Waals surface area contributed by atoms with Crippen LogP contribution in [-0.4, -0.2) is 33.3 Å². The largest absolute Gasteiger partial charge is 0.493 e. The fraction of sp³-hybridized carbons (Fsp3) is 0.286. The van der Waals surface area contributed by atoms with Crippen LogP contribution >= 0.6 is 0 Å². The third kappa shape index (κ3) is 4.01. The molecule has 0 aliphatic rings. The summed E-state index contributed by atoms with van der Waals surface area (Å²) in [7, 11) is 3.85. The fourth-order valence-corrected chi connectivity index (χ4v) is 1.37. The van der Waals surface area contributed by atoms with E-state index in [1.54, 1.807) is 18.2 Å². The molecule has 6 nitrogen and oxygen atoms in total. The Morgan fingerprint density at radius 1 is 1.05 bits per heavy atom. The molecule has 0 aromatic heterocycles. The zero-order chi connectivity index (χ0) is 15.1. The predicted octanol–water partition coefficient (Wildman–Crippen LogP) is 1.61. The first-order chi connectivity index (χ1) is 9.51. The second-order valence-electron chi connectivity index (χ2n) is 3.78. The van der Waals surface area contributed by atoms with Gasteiger partial charge >= 0.3 is 11.9 Å². The van der Waals surface area contributed by atoms with Gasteiger partial charge in [0.1, 0.15) is 0 Å². The summed E-state index contributed by atoms with van der Waals surface area (Å²) in [6.07, 6.45) is 0.908. The highest BCUT2D eigenvalue weighted by Crippen LogP contribution is 2.29. The Balaban J connectivity index is 3.10. The molecule has 1 aromatic rings. The Kier molecular flexibility index (Phi) is 5.58. The number of carbonyl (C=O) groups excluding carboxylic acids is 2. The second kappa shape index (κ2) is 7.18. The standard InChI is InChI=1S/C14H16O6/c1-9-5-6-10(11(7-9)17-2)20-12(14(16)19-4)8-13(15)18-3/h5-8H,1-4H3/b12-8-. The van der Waals surface area contributed by atoms with Crippen LogP contribution in [0.2, 0.25) is 0 Å². The van der Waals surface area contributed by atoms with Crippen LogP contribution in [0.3, 0.4) is 0 Å². The van der Waals surface area contributed by atoms with Gasteiger partial charge < -0.3 is 18.9 Å². The van der Waals surface area contributed by atoms with Gasteiger partial charge in [-0.2, -0.15) is 0 Å². The predicted molar refractivity (Wildman–Crippen MR) is 70.5 cm³/mol. The molecule has 20 heavy (non-hydrogen) atoms. The highest BCUT2D eigenvalue weighted by Gasteiger charge is 2.17. The number of aryl methyl sites for hydroxylation is 1. The van der Waals surface area contributed by atoms with Gasteiger partial charge in [-0.3, -0.25) is 0 Å². The van der Waals surface area contributed by atoms with Crippen molar-refractivity contribution in [2.75, 3.05) is 21.3 Å². The molecule has 1 rings (SSSR count). The van der Waals surface area contributed by atoms with Crippen LogP contribution in [0, 0.1) is 6.92 Å². The van der Waals surface area contributed by atoms with Crippen molar-refractivity contribution in [3.8, 4) is 11.5 Å². The van der Waals surface area contributed by atoms with Crippen molar-refractivity contribution in [1.82, 2.24) is 0 Å². The molecule has 0 N–H and O–H groups in total. The summed E-state index contributed by atoms with van der Waals surface area (Å²) in [5.41, 5.74) is 0.964. The number of esters is 2. The average molecular weight is 280 g/mol. The molecule has 0 aliphatic carbocycles. The van der Waals surface area contributed by atoms with E-state index in [0.717, 1.165) is 11.6 Å². The Bertz CT molecular complexity index is 532. The van der Waals surface area contributed by atoms with Crippen molar-refractivity contribution < 1.29 is 28.5 Å². The summed E-state index contributed by atoms with van der Waals surface area (Å²) in [5, 5.41) is 0. The zero-order valence-corrected chi connectivity index (χ0v) is 11.8. The first kappa shape index (κ1) is 15.6. The Morgan fingerprint density at radius 2 is 1.75 bits per heavy atom. The van der Waals surface area contributed by atoms with Crippen LogP contribution < -0.4 is 9.47 Å². The lowest BCUT2D eigenvalue weighted by molar-refractivity contribution is -0.140. The van der Waals surface area contributed by atoms with Crippen LogP contribution in [0.25, 0.3) is 0 Å². The normalized spacial score (nSPS) is 10.7. The number of hydrogen-bond acceptors (Lipinski definition) is 6. The van der Waals surface area contributed by atoms with Gasteiger partial charge in [-0.15, -0.1) is 0 Å². The monoisotopic (exact) mass is 280 g/mol. The Morgan fingerprint density at radius 3 is 2.30 bits per heavy atom. The van der Waals surface area contributed by atoms with E-state index in [0.29, 0.717) is 11.5 Å².